The van der Waals surface area contributed by atoms with Gasteiger partial charge in [-0.2, -0.15) is 0 Å². The minimum Gasteiger partial charge on any atom is -0.371 e. The van der Waals surface area contributed by atoms with Gasteiger partial charge in [-0.15, -0.1) is 0 Å². The van der Waals surface area contributed by atoms with Gasteiger partial charge in [0.25, 0.3) is 0 Å². The summed E-state index contributed by atoms with van der Waals surface area (Å²) < 4.78 is 20.0. The Hall–Kier alpha value is -1.13. The van der Waals surface area contributed by atoms with Crippen LogP contribution in [0.25, 0.3) is 0 Å². The summed E-state index contributed by atoms with van der Waals surface area (Å²) in [6.45, 7) is 6.50. The van der Waals surface area contributed by atoms with Crippen molar-refractivity contribution in [2.24, 2.45) is 0 Å². The van der Waals surface area contributed by atoms with Crippen molar-refractivity contribution in [1.29, 1.82) is 0 Å². The Balaban J connectivity index is 1.83. The van der Waals surface area contributed by atoms with Gasteiger partial charge in [0.2, 0.25) is 0 Å². The number of anilines is 1. The molecule has 4 heteroatoms. The van der Waals surface area contributed by atoms with E-state index in [0.717, 1.165) is 37.2 Å². The molecule has 20 heavy (non-hydrogen) atoms. The number of nitrogens with one attached hydrogen (secondary N) is 1. The minimum atomic E-state index is -0.116. The molecule has 1 N–H and O–H groups in total. The fourth-order valence-corrected chi connectivity index (χ4v) is 3.14. The van der Waals surface area contributed by atoms with Crippen molar-refractivity contribution in [3.63, 3.8) is 0 Å². The largest absolute Gasteiger partial charge is 0.371 e. The molecular weight excluding hydrogens is 255 g/mol. The highest BCUT2D eigenvalue weighted by Gasteiger charge is 2.34. The predicted molar refractivity (Wildman–Crippen MR) is 78.5 cm³/mol. The molecule has 2 atom stereocenters. The topological polar surface area (TPSA) is 24.5 Å². The fraction of sp³-hybridized carbons (Fsp3) is 0.625. The predicted octanol–water partition coefficient (Wildman–Crippen LogP) is 2.69. The number of nitrogens with zero attached hydrogens (tertiary/aromatic N) is 1. The number of morpholine rings is 1. The van der Waals surface area contributed by atoms with E-state index in [1.54, 1.807) is 12.1 Å². The van der Waals surface area contributed by atoms with Crippen molar-refractivity contribution in [1.82, 2.24) is 5.32 Å². The Labute approximate surface area is 120 Å². The van der Waals surface area contributed by atoms with Crippen molar-refractivity contribution in [3.05, 3.63) is 29.6 Å². The number of fused-ring (bicyclic) bond motifs is 2. The van der Waals surface area contributed by atoms with Crippen molar-refractivity contribution in [3.8, 4) is 0 Å². The van der Waals surface area contributed by atoms with Crippen LogP contribution in [0, 0.1) is 5.82 Å². The molecule has 3 rings (SSSR count). The number of halogens is 1. The Morgan fingerprint density at radius 3 is 2.65 bits per heavy atom. The molecule has 0 aliphatic carbocycles. The van der Waals surface area contributed by atoms with E-state index in [1.807, 2.05) is 6.07 Å². The first-order valence-electron chi connectivity index (χ1n) is 7.54. The van der Waals surface area contributed by atoms with E-state index in [2.05, 4.69) is 24.1 Å². The number of hydrogen-bond donors (Lipinski definition) is 1. The highest BCUT2D eigenvalue weighted by Crippen LogP contribution is 2.32. The van der Waals surface area contributed by atoms with Crippen LogP contribution in [0.3, 0.4) is 0 Å². The maximum Gasteiger partial charge on any atom is 0.129 e. The maximum absolute atomic E-state index is 14.2. The molecule has 1 aromatic rings. The van der Waals surface area contributed by atoms with E-state index in [1.165, 1.54) is 0 Å². The van der Waals surface area contributed by atoms with E-state index in [-0.39, 0.29) is 5.82 Å². The minimum absolute atomic E-state index is 0.116. The third kappa shape index (κ3) is 2.81. The fourth-order valence-electron chi connectivity index (χ4n) is 3.14. The molecule has 2 heterocycles. The summed E-state index contributed by atoms with van der Waals surface area (Å²) in [4.78, 5) is 2.30. The zero-order valence-electron chi connectivity index (χ0n) is 12.2. The van der Waals surface area contributed by atoms with Crippen LogP contribution >= 0.6 is 0 Å². The molecule has 2 aliphatic rings. The Kier molecular flexibility index (Phi) is 3.94. The lowest BCUT2D eigenvalue weighted by Gasteiger charge is -2.35. The number of rotatable bonds is 4. The third-order valence-corrected chi connectivity index (χ3v) is 4.17. The third-order valence-electron chi connectivity index (χ3n) is 4.17. The average molecular weight is 278 g/mol. The van der Waals surface area contributed by atoms with E-state index in [9.17, 15) is 4.39 Å². The molecule has 2 fully saturated rings. The van der Waals surface area contributed by atoms with Gasteiger partial charge in [0, 0.05) is 36.9 Å². The second-order valence-corrected chi connectivity index (χ2v) is 6.14. The van der Waals surface area contributed by atoms with Gasteiger partial charge < -0.3 is 15.0 Å². The van der Waals surface area contributed by atoms with Gasteiger partial charge in [0.05, 0.1) is 12.2 Å². The van der Waals surface area contributed by atoms with Crippen molar-refractivity contribution < 1.29 is 9.13 Å². The quantitative estimate of drug-likeness (QED) is 0.916. The van der Waals surface area contributed by atoms with E-state index in [4.69, 9.17) is 4.74 Å². The number of benzene rings is 1. The summed E-state index contributed by atoms with van der Waals surface area (Å²) in [7, 11) is 0. The summed E-state index contributed by atoms with van der Waals surface area (Å²) in [5, 5.41) is 3.32. The van der Waals surface area contributed by atoms with E-state index >= 15 is 0 Å². The maximum atomic E-state index is 14.2. The lowest BCUT2D eigenvalue weighted by atomic mass is 10.1. The van der Waals surface area contributed by atoms with Gasteiger partial charge >= 0.3 is 0 Å². The van der Waals surface area contributed by atoms with E-state index in [0.29, 0.717) is 24.8 Å². The molecule has 0 spiro atoms. The normalized spacial score (nSPS) is 25.5. The van der Waals surface area contributed by atoms with Crippen LogP contribution < -0.4 is 10.2 Å². The molecule has 3 nitrogen and oxygen atoms in total. The molecule has 110 valence electrons. The second kappa shape index (κ2) is 5.70. The first kappa shape index (κ1) is 13.8. The number of ether oxygens (including phenoxy) is 1. The lowest BCUT2D eigenvalue weighted by Crippen LogP contribution is -2.43. The van der Waals surface area contributed by atoms with Crippen LogP contribution in [0.5, 0.6) is 0 Å². The molecule has 2 bridgehead atoms. The molecule has 1 aromatic carbocycles. The summed E-state index contributed by atoms with van der Waals surface area (Å²) >= 11 is 0. The highest BCUT2D eigenvalue weighted by atomic mass is 19.1. The van der Waals surface area contributed by atoms with Crippen molar-refractivity contribution in [2.75, 3.05) is 18.0 Å². The van der Waals surface area contributed by atoms with Gasteiger partial charge in [0.1, 0.15) is 5.82 Å². The Morgan fingerprint density at radius 2 is 2.00 bits per heavy atom. The van der Waals surface area contributed by atoms with Crippen LogP contribution in [0.4, 0.5) is 10.1 Å². The Bertz CT molecular complexity index is 466. The summed E-state index contributed by atoms with van der Waals surface area (Å²) in [5.41, 5.74) is 1.81. The van der Waals surface area contributed by atoms with Gasteiger partial charge in [-0.1, -0.05) is 19.9 Å². The van der Waals surface area contributed by atoms with Crippen molar-refractivity contribution >= 4 is 5.69 Å². The molecule has 2 aliphatic heterocycles. The second-order valence-electron chi connectivity index (χ2n) is 6.14. The van der Waals surface area contributed by atoms with Crippen LogP contribution in [-0.4, -0.2) is 31.3 Å². The van der Waals surface area contributed by atoms with Crippen LogP contribution in [-0.2, 0) is 11.3 Å². The lowest BCUT2D eigenvalue weighted by molar-refractivity contribution is 0.0304. The monoisotopic (exact) mass is 278 g/mol. The molecule has 2 saturated heterocycles. The molecule has 0 saturated carbocycles. The molecular formula is C16H23FN2O. The molecule has 0 aromatic heterocycles. The average Bonchev–Trinajstić information content (AvgIpc) is 2.75. The number of hydrogen-bond acceptors (Lipinski definition) is 3. The van der Waals surface area contributed by atoms with Gasteiger partial charge in [0.15, 0.2) is 0 Å². The highest BCUT2D eigenvalue weighted by molar-refractivity contribution is 5.55. The van der Waals surface area contributed by atoms with Gasteiger partial charge in [-0.05, 0) is 25.0 Å². The van der Waals surface area contributed by atoms with E-state index < -0.39 is 0 Å². The first-order chi connectivity index (χ1) is 9.63. The molecule has 0 radical (unpaired) electrons. The Morgan fingerprint density at radius 1 is 1.30 bits per heavy atom. The molecule has 0 amide bonds. The SMILES string of the molecule is CC(C)NCc1c(F)cccc1N1CC2CCC(C1)O2. The summed E-state index contributed by atoms with van der Waals surface area (Å²) in [6, 6.07) is 5.74. The molecule has 2 unspecified atom stereocenters. The van der Waals surface area contributed by atoms with Crippen LogP contribution in [0.15, 0.2) is 18.2 Å². The zero-order valence-corrected chi connectivity index (χ0v) is 12.2. The summed E-state index contributed by atoms with van der Waals surface area (Å²) in [6.07, 6.45) is 2.91. The summed E-state index contributed by atoms with van der Waals surface area (Å²) in [5.74, 6) is -0.116. The standard InChI is InChI=1S/C16H23FN2O/c1-11(2)18-8-14-15(17)4-3-5-16(14)19-9-12-6-7-13(10-19)20-12/h3-5,11-13,18H,6-10H2,1-2H3. The van der Waals surface area contributed by atoms with Crippen LogP contribution in [0.2, 0.25) is 0 Å². The van der Waals surface area contributed by atoms with Crippen molar-refractivity contribution in [2.45, 2.75) is 51.5 Å². The van der Waals surface area contributed by atoms with Gasteiger partial charge in [-0.25, -0.2) is 4.39 Å². The first-order valence-corrected chi connectivity index (χ1v) is 7.54. The zero-order chi connectivity index (χ0) is 14.1. The smallest absolute Gasteiger partial charge is 0.129 e. The van der Waals surface area contributed by atoms with Gasteiger partial charge in [-0.3, -0.25) is 0 Å². The van der Waals surface area contributed by atoms with Crippen LogP contribution in [0.1, 0.15) is 32.3 Å².